The summed E-state index contributed by atoms with van der Waals surface area (Å²) in [6, 6.07) is 15.0. The summed E-state index contributed by atoms with van der Waals surface area (Å²) in [6.07, 6.45) is 4.32. The molecule has 0 spiro atoms. The standard InChI is InChI=1S/C28H15F4N7.Ir/c29-15-11-18(25(20(31)13-15)22-5-1-3-8-33-22)17-7-10-35-27(28-36-38-39-37-28)24(17)19-12-16(30)14-21(32)26(19)23-6-2-4-9-34-23;/h1-14H,(H,36,37,38,39);. The Kier molecular flexibility index (Phi) is 7.54. The molecule has 0 atom stereocenters. The van der Waals surface area contributed by atoms with Gasteiger partial charge in [0.05, 0.1) is 11.4 Å². The first-order valence-corrected chi connectivity index (χ1v) is 11.6. The van der Waals surface area contributed by atoms with Crippen LogP contribution >= 0.6 is 0 Å². The number of hydrogen-bond donors (Lipinski definition) is 1. The third kappa shape index (κ3) is 4.90. The second-order valence-electron chi connectivity index (χ2n) is 8.37. The van der Waals surface area contributed by atoms with Crippen LogP contribution in [0.1, 0.15) is 0 Å². The van der Waals surface area contributed by atoms with Gasteiger partial charge in [-0.3, -0.25) is 15.0 Å². The zero-order valence-corrected chi connectivity index (χ0v) is 22.5. The number of tetrazole rings is 1. The first-order chi connectivity index (χ1) is 19.0. The molecule has 0 saturated heterocycles. The van der Waals surface area contributed by atoms with E-state index in [0.29, 0.717) is 0 Å². The van der Waals surface area contributed by atoms with Gasteiger partial charge in [0.1, 0.15) is 29.0 Å². The Bertz CT molecular complexity index is 1800. The Morgan fingerprint density at radius 2 is 1.18 bits per heavy atom. The Balaban J connectivity index is 0.00000323. The molecule has 0 saturated carbocycles. The van der Waals surface area contributed by atoms with Crippen LogP contribution in [0.3, 0.4) is 0 Å². The zero-order valence-electron chi connectivity index (χ0n) is 20.1. The summed E-state index contributed by atoms with van der Waals surface area (Å²) in [5, 5.41) is 13.9. The molecular formula is C28H15F4IrN7. The maximum Gasteiger partial charge on any atom is 0.223 e. The molecule has 0 amide bonds. The molecular weight excluding hydrogens is 703 g/mol. The van der Waals surface area contributed by atoms with E-state index in [2.05, 4.69) is 35.6 Å². The van der Waals surface area contributed by atoms with E-state index in [0.717, 1.165) is 24.3 Å². The number of hydrogen-bond acceptors (Lipinski definition) is 6. The van der Waals surface area contributed by atoms with Crippen molar-refractivity contribution in [3.05, 3.63) is 109 Å². The number of nitrogens with one attached hydrogen (secondary N) is 1. The van der Waals surface area contributed by atoms with Crippen molar-refractivity contribution in [3.8, 4) is 56.3 Å². The topological polar surface area (TPSA) is 93.1 Å². The average molecular weight is 718 g/mol. The number of H-pyrrole nitrogens is 1. The normalized spacial score (nSPS) is 10.8. The fourth-order valence-corrected chi connectivity index (χ4v) is 4.49. The van der Waals surface area contributed by atoms with E-state index in [1.54, 1.807) is 36.4 Å². The number of rotatable bonds is 5. The molecule has 0 aliphatic heterocycles. The maximum atomic E-state index is 15.5. The number of aromatic amines is 1. The smallest absolute Gasteiger partial charge is 0.223 e. The van der Waals surface area contributed by atoms with Crippen LogP contribution < -0.4 is 0 Å². The van der Waals surface area contributed by atoms with Gasteiger partial charge in [0.15, 0.2) is 0 Å². The first kappa shape index (κ1) is 26.9. The second-order valence-corrected chi connectivity index (χ2v) is 8.37. The van der Waals surface area contributed by atoms with E-state index in [9.17, 15) is 8.78 Å². The Morgan fingerprint density at radius 3 is 1.73 bits per heavy atom. The fourth-order valence-electron chi connectivity index (χ4n) is 4.49. The van der Waals surface area contributed by atoms with Gasteiger partial charge in [-0.15, -0.1) is 10.2 Å². The monoisotopic (exact) mass is 718 g/mol. The number of pyridine rings is 3. The van der Waals surface area contributed by atoms with Crippen LogP contribution in [-0.4, -0.2) is 35.6 Å². The molecule has 40 heavy (non-hydrogen) atoms. The molecule has 0 aliphatic carbocycles. The van der Waals surface area contributed by atoms with Crippen LogP contribution in [0.4, 0.5) is 17.6 Å². The van der Waals surface area contributed by atoms with Gasteiger partial charge < -0.3 is 0 Å². The predicted molar refractivity (Wildman–Crippen MR) is 135 cm³/mol. The Hall–Kier alpha value is -4.67. The molecule has 7 nitrogen and oxygen atoms in total. The Labute approximate surface area is 237 Å². The van der Waals surface area contributed by atoms with E-state index in [1.165, 1.54) is 24.7 Å². The molecule has 199 valence electrons. The quantitative estimate of drug-likeness (QED) is 0.212. The number of aromatic nitrogens is 7. The van der Waals surface area contributed by atoms with E-state index in [-0.39, 0.29) is 76.4 Å². The summed E-state index contributed by atoms with van der Waals surface area (Å²) in [7, 11) is 0. The molecule has 4 heterocycles. The molecule has 0 aliphatic rings. The van der Waals surface area contributed by atoms with E-state index in [1.807, 2.05) is 0 Å². The molecule has 12 heteroatoms. The van der Waals surface area contributed by atoms with Gasteiger partial charge in [-0.05, 0) is 64.4 Å². The summed E-state index contributed by atoms with van der Waals surface area (Å²) in [5.74, 6) is -3.51. The molecule has 6 aromatic rings. The zero-order chi connectivity index (χ0) is 26.9. The molecule has 2 aromatic carbocycles. The molecule has 1 N–H and O–H groups in total. The largest absolute Gasteiger partial charge is 0.256 e. The van der Waals surface area contributed by atoms with Gasteiger partial charge in [-0.1, -0.05) is 12.1 Å². The molecule has 6 rings (SSSR count). The van der Waals surface area contributed by atoms with Crippen molar-refractivity contribution in [1.29, 1.82) is 0 Å². The molecule has 0 fully saturated rings. The van der Waals surface area contributed by atoms with Crippen molar-refractivity contribution < 1.29 is 37.7 Å². The van der Waals surface area contributed by atoms with E-state index in [4.69, 9.17) is 0 Å². The van der Waals surface area contributed by atoms with Crippen LogP contribution in [0.15, 0.2) is 85.3 Å². The predicted octanol–water partition coefficient (Wildman–Crippen LogP) is 6.27. The van der Waals surface area contributed by atoms with Crippen molar-refractivity contribution >= 4 is 0 Å². The minimum Gasteiger partial charge on any atom is -0.256 e. The molecule has 1 radical (unpaired) electrons. The van der Waals surface area contributed by atoms with Crippen molar-refractivity contribution in [2.75, 3.05) is 0 Å². The summed E-state index contributed by atoms with van der Waals surface area (Å²) in [4.78, 5) is 12.9. The third-order valence-electron chi connectivity index (χ3n) is 6.02. The fraction of sp³-hybridized carbons (Fsp3) is 0. The summed E-state index contributed by atoms with van der Waals surface area (Å²) < 4.78 is 60.5. The van der Waals surface area contributed by atoms with E-state index >= 15 is 8.78 Å². The van der Waals surface area contributed by atoms with Crippen LogP contribution in [0.25, 0.3) is 56.3 Å². The molecule has 0 unspecified atom stereocenters. The van der Waals surface area contributed by atoms with Crippen molar-refractivity contribution in [2.24, 2.45) is 0 Å². The van der Waals surface area contributed by atoms with Gasteiger partial charge in [-0.2, -0.15) is 5.21 Å². The third-order valence-corrected chi connectivity index (χ3v) is 6.02. The van der Waals surface area contributed by atoms with Gasteiger partial charge in [0, 0.05) is 67.5 Å². The average Bonchev–Trinajstić information content (AvgIpc) is 3.48. The van der Waals surface area contributed by atoms with Crippen LogP contribution in [0.5, 0.6) is 0 Å². The van der Waals surface area contributed by atoms with Crippen LogP contribution in [0.2, 0.25) is 0 Å². The molecule has 4 aromatic heterocycles. The summed E-state index contributed by atoms with van der Waals surface area (Å²) in [5.41, 5.74) is 0.840. The summed E-state index contributed by atoms with van der Waals surface area (Å²) in [6.45, 7) is 0. The summed E-state index contributed by atoms with van der Waals surface area (Å²) >= 11 is 0. The minimum absolute atomic E-state index is 0. The van der Waals surface area contributed by atoms with Gasteiger partial charge >= 0.3 is 0 Å². The maximum absolute atomic E-state index is 15.5. The number of halogens is 4. The van der Waals surface area contributed by atoms with E-state index < -0.39 is 23.3 Å². The van der Waals surface area contributed by atoms with Crippen molar-refractivity contribution in [3.63, 3.8) is 0 Å². The number of nitrogens with zero attached hydrogens (tertiary/aromatic N) is 6. The van der Waals surface area contributed by atoms with Crippen LogP contribution in [0, 0.1) is 23.3 Å². The molecule has 0 bridgehead atoms. The van der Waals surface area contributed by atoms with Crippen LogP contribution in [-0.2, 0) is 20.1 Å². The minimum atomic E-state index is -0.895. The first-order valence-electron chi connectivity index (χ1n) is 11.6. The number of benzene rings is 2. The second kappa shape index (κ2) is 11.2. The van der Waals surface area contributed by atoms with Gasteiger partial charge in [-0.25, -0.2) is 17.6 Å². The van der Waals surface area contributed by atoms with Gasteiger partial charge in [0.25, 0.3) is 0 Å². The Morgan fingerprint density at radius 1 is 0.575 bits per heavy atom. The van der Waals surface area contributed by atoms with Crippen molar-refractivity contribution in [1.82, 2.24) is 35.6 Å². The SMILES string of the molecule is Fc1cc(F)c(-c2ccccn2)c(-c2ccnc(-c3nn[nH]n3)c2-c2cc(F)cc(F)c2-c2ccccn2)c1.[Ir]. The van der Waals surface area contributed by atoms with Crippen molar-refractivity contribution in [2.45, 2.75) is 0 Å². The van der Waals surface area contributed by atoms with Gasteiger partial charge in [0.2, 0.25) is 5.82 Å².